The van der Waals surface area contributed by atoms with Gasteiger partial charge < -0.3 is 15.8 Å². The number of nitrogens with two attached hydrogens (primary N) is 1. The highest BCUT2D eigenvalue weighted by molar-refractivity contribution is 5.98. The van der Waals surface area contributed by atoms with Crippen LogP contribution in [0.2, 0.25) is 0 Å². The molecule has 1 unspecified atom stereocenters. The van der Waals surface area contributed by atoms with Crippen LogP contribution in [0.4, 0.5) is 5.95 Å². The summed E-state index contributed by atoms with van der Waals surface area (Å²) >= 11 is 0. The molecule has 1 heterocycles. The van der Waals surface area contributed by atoms with Crippen molar-refractivity contribution in [1.82, 2.24) is 15.3 Å². The molecule has 6 nitrogen and oxygen atoms in total. The summed E-state index contributed by atoms with van der Waals surface area (Å²) in [5, 5.41) is 3.01. The highest BCUT2D eigenvalue weighted by Crippen LogP contribution is 2.19. The van der Waals surface area contributed by atoms with Crippen LogP contribution in [0.1, 0.15) is 53.0 Å². The van der Waals surface area contributed by atoms with E-state index in [2.05, 4.69) is 41.3 Å². The molecule has 0 radical (unpaired) electrons. The predicted octanol–water partition coefficient (Wildman–Crippen LogP) is 5.36. The number of methoxy groups -OCH3 is 1. The van der Waals surface area contributed by atoms with Crippen molar-refractivity contribution in [1.29, 1.82) is 0 Å². The number of hydrogen-bond donors (Lipinski definition) is 2. The van der Waals surface area contributed by atoms with Crippen molar-refractivity contribution in [2.45, 2.75) is 40.7 Å². The van der Waals surface area contributed by atoms with Crippen molar-refractivity contribution < 1.29 is 9.53 Å². The van der Waals surface area contributed by atoms with Crippen molar-refractivity contribution in [2.24, 2.45) is 5.92 Å². The van der Waals surface area contributed by atoms with Crippen LogP contribution in [0.25, 0.3) is 6.08 Å². The van der Waals surface area contributed by atoms with Gasteiger partial charge in [-0.2, -0.15) is 0 Å². The number of carbonyl (C=O) groups excluding carboxylic acids is 1. The summed E-state index contributed by atoms with van der Waals surface area (Å²) in [4.78, 5) is 20.2. The smallest absolute Gasteiger partial charge is 0.252 e. The molecule has 0 bridgehead atoms. The number of aryl methyl sites for hydroxylation is 2. The molecule has 0 spiro atoms. The molecular weight excluding hydrogens is 412 g/mol. The molecule has 0 aliphatic heterocycles. The third-order valence-electron chi connectivity index (χ3n) is 5.20. The maximum Gasteiger partial charge on any atom is 0.252 e. The van der Waals surface area contributed by atoms with Crippen LogP contribution < -0.4 is 15.8 Å². The van der Waals surface area contributed by atoms with E-state index in [-0.39, 0.29) is 5.91 Å². The van der Waals surface area contributed by atoms with Crippen molar-refractivity contribution in [3.8, 4) is 5.75 Å². The van der Waals surface area contributed by atoms with Crippen LogP contribution in [0, 0.1) is 19.8 Å². The molecule has 3 N–H and O–H groups in total. The van der Waals surface area contributed by atoms with Crippen molar-refractivity contribution in [3.05, 3.63) is 88.8 Å². The Labute approximate surface area is 196 Å². The number of ether oxygens (including phenoxy) is 1. The minimum Gasteiger partial charge on any atom is -0.497 e. The average molecular weight is 447 g/mol. The van der Waals surface area contributed by atoms with Crippen molar-refractivity contribution in [2.75, 3.05) is 12.8 Å². The Morgan fingerprint density at radius 2 is 1.94 bits per heavy atom. The fourth-order valence-electron chi connectivity index (χ4n) is 3.02. The van der Waals surface area contributed by atoms with Gasteiger partial charge in [0, 0.05) is 24.0 Å². The number of nitrogens with one attached hydrogen (secondary N) is 1. The number of carbonyl (C=O) groups is 1. The van der Waals surface area contributed by atoms with Gasteiger partial charge in [-0.05, 0) is 60.7 Å². The third-order valence-corrected chi connectivity index (χ3v) is 5.20. The van der Waals surface area contributed by atoms with Crippen LogP contribution >= 0.6 is 0 Å². The Bertz CT molecular complexity index is 1060. The van der Waals surface area contributed by atoms with Gasteiger partial charge in [0.1, 0.15) is 5.75 Å². The Kier molecular flexibility index (Phi) is 10.1. The van der Waals surface area contributed by atoms with Gasteiger partial charge in [-0.3, -0.25) is 4.79 Å². The normalized spacial score (nSPS) is 11.4. The number of aromatic nitrogens is 2. The van der Waals surface area contributed by atoms with Crippen LogP contribution in [-0.4, -0.2) is 23.0 Å². The lowest BCUT2D eigenvalue weighted by molar-refractivity contribution is 0.0950. The molecule has 0 saturated heterocycles. The van der Waals surface area contributed by atoms with E-state index in [0.717, 1.165) is 34.6 Å². The maximum atomic E-state index is 12.7. The molecule has 1 aromatic heterocycles. The van der Waals surface area contributed by atoms with E-state index in [1.807, 2.05) is 56.3 Å². The largest absolute Gasteiger partial charge is 0.497 e. The molecule has 0 fully saturated rings. The van der Waals surface area contributed by atoms with Gasteiger partial charge in [0.25, 0.3) is 5.91 Å². The van der Waals surface area contributed by atoms with E-state index in [1.165, 1.54) is 0 Å². The molecule has 0 aliphatic rings. The monoisotopic (exact) mass is 446 g/mol. The summed E-state index contributed by atoms with van der Waals surface area (Å²) in [7, 11) is 1.64. The Balaban J connectivity index is 0.000000405. The van der Waals surface area contributed by atoms with Crippen LogP contribution in [-0.2, 0) is 6.54 Å². The zero-order valence-electron chi connectivity index (χ0n) is 20.1. The van der Waals surface area contributed by atoms with Crippen molar-refractivity contribution in [3.63, 3.8) is 0 Å². The summed E-state index contributed by atoms with van der Waals surface area (Å²) in [5.74, 6) is 1.56. The molecule has 2 aromatic carbocycles. The van der Waals surface area contributed by atoms with Gasteiger partial charge >= 0.3 is 0 Å². The molecule has 0 saturated carbocycles. The van der Waals surface area contributed by atoms with Crippen LogP contribution in [0.5, 0.6) is 5.75 Å². The second kappa shape index (κ2) is 13.0. The molecule has 0 aliphatic carbocycles. The first kappa shape index (κ1) is 25.6. The van der Waals surface area contributed by atoms with E-state index in [9.17, 15) is 4.79 Å². The van der Waals surface area contributed by atoms with Crippen molar-refractivity contribution >= 4 is 17.9 Å². The van der Waals surface area contributed by atoms with Crippen LogP contribution in [0.15, 0.2) is 60.8 Å². The first-order valence-corrected chi connectivity index (χ1v) is 11.1. The fourth-order valence-corrected chi connectivity index (χ4v) is 3.02. The minimum absolute atomic E-state index is 0.0599. The number of allylic oxidation sites excluding steroid dienone is 1. The lowest BCUT2D eigenvalue weighted by Crippen LogP contribution is -2.23. The van der Waals surface area contributed by atoms with Crippen LogP contribution in [0.3, 0.4) is 0 Å². The molecule has 1 atom stereocenters. The highest BCUT2D eigenvalue weighted by Gasteiger charge is 2.11. The average Bonchev–Trinajstić information content (AvgIpc) is 2.81. The lowest BCUT2D eigenvalue weighted by Gasteiger charge is -2.11. The molecule has 33 heavy (non-hydrogen) atoms. The number of benzene rings is 2. The second-order valence-corrected chi connectivity index (χ2v) is 7.87. The lowest BCUT2D eigenvalue weighted by atomic mass is 9.98. The number of nitrogen functional groups attached to an aromatic ring is 1. The Hall–Kier alpha value is -3.67. The Morgan fingerprint density at radius 1 is 1.18 bits per heavy atom. The van der Waals surface area contributed by atoms with Gasteiger partial charge in [0.05, 0.1) is 7.11 Å². The fraction of sp³-hybridized carbons (Fsp3) is 0.296. The quantitative estimate of drug-likeness (QED) is 0.510. The summed E-state index contributed by atoms with van der Waals surface area (Å²) in [6, 6.07) is 15.4. The van der Waals surface area contributed by atoms with Gasteiger partial charge in [-0.1, -0.05) is 56.7 Å². The second-order valence-electron chi connectivity index (χ2n) is 7.87. The zero-order chi connectivity index (χ0) is 24.2. The third kappa shape index (κ3) is 8.41. The molecule has 3 aromatic rings. The van der Waals surface area contributed by atoms with E-state index in [0.29, 0.717) is 24.0 Å². The number of nitrogens with zero attached hydrogens (tertiary/aromatic N) is 2. The zero-order valence-corrected chi connectivity index (χ0v) is 20.1. The van der Waals surface area contributed by atoms with E-state index >= 15 is 0 Å². The molecule has 174 valence electrons. The molecule has 3 rings (SSSR count). The number of rotatable bonds is 7. The van der Waals surface area contributed by atoms with Gasteiger partial charge in [0.15, 0.2) is 0 Å². The highest BCUT2D eigenvalue weighted by atomic mass is 16.5. The standard InChI is InChI=1S/C22H27NO2.C5H7N3/c1-5-16(2)12-13-20-17(3)8-6-11-21(20)22(24)23-15-18-9-7-10-19(14-18)25-4;1-4-2-3-7-5(6)8-4/h6-14,16H,5,15H2,1-4H3,(H,23,24);2-3H,1H3,(H2,6,7,8)/b13-12-;. The van der Waals surface area contributed by atoms with Gasteiger partial charge in [-0.15, -0.1) is 0 Å². The number of anilines is 1. The summed E-state index contributed by atoms with van der Waals surface area (Å²) in [6.07, 6.45) is 6.96. The molecule has 1 amide bonds. The van der Waals surface area contributed by atoms with Gasteiger partial charge in [-0.25, -0.2) is 9.97 Å². The first-order valence-electron chi connectivity index (χ1n) is 11.1. The predicted molar refractivity (Wildman–Crippen MR) is 135 cm³/mol. The SMILES string of the molecule is CCC(C)/C=C\c1c(C)cccc1C(=O)NCc1cccc(OC)c1.Cc1ccnc(N)n1. The molecular formula is C27H34N4O2. The summed E-state index contributed by atoms with van der Waals surface area (Å²) in [5.41, 5.74) is 9.96. The first-order chi connectivity index (χ1) is 15.8. The van der Waals surface area contributed by atoms with E-state index in [4.69, 9.17) is 10.5 Å². The Morgan fingerprint density at radius 3 is 2.58 bits per heavy atom. The van der Waals surface area contributed by atoms with E-state index in [1.54, 1.807) is 19.4 Å². The minimum atomic E-state index is -0.0599. The number of hydrogen-bond acceptors (Lipinski definition) is 5. The maximum absolute atomic E-state index is 12.7. The molecule has 6 heteroatoms. The summed E-state index contributed by atoms with van der Waals surface area (Å²) in [6.45, 7) is 8.72. The topological polar surface area (TPSA) is 90.1 Å². The summed E-state index contributed by atoms with van der Waals surface area (Å²) < 4.78 is 5.22. The number of amides is 1. The van der Waals surface area contributed by atoms with E-state index < -0.39 is 0 Å². The van der Waals surface area contributed by atoms with Gasteiger partial charge in [0.2, 0.25) is 5.95 Å².